The summed E-state index contributed by atoms with van der Waals surface area (Å²) in [4.78, 5) is 24.0. The summed E-state index contributed by atoms with van der Waals surface area (Å²) in [6.45, 7) is 1.64. The van der Waals surface area contributed by atoms with Crippen molar-refractivity contribution in [3.63, 3.8) is 0 Å². The molecule has 0 saturated carbocycles. The predicted molar refractivity (Wildman–Crippen MR) is 79.1 cm³/mol. The van der Waals surface area contributed by atoms with Gasteiger partial charge >= 0.3 is 0 Å². The van der Waals surface area contributed by atoms with Crippen molar-refractivity contribution in [1.82, 2.24) is 4.90 Å². The second-order valence-electron chi connectivity index (χ2n) is 4.54. The normalized spacial score (nSPS) is 15.3. The highest BCUT2D eigenvalue weighted by molar-refractivity contribution is 6.32. The molecule has 1 aliphatic rings. The number of carbonyl (C=O) groups is 1. The molecule has 0 N–H and O–H groups in total. The summed E-state index contributed by atoms with van der Waals surface area (Å²) in [6.07, 6.45) is 1.27. The fourth-order valence-corrected chi connectivity index (χ4v) is 2.16. The Hall–Kier alpha value is -2.43. The molecule has 0 aromatic heterocycles. The van der Waals surface area contributed by atoms with Gasteiger partial charge in [-0.25, -0.2) is 0 Å². The summed E-state index contributed by atoms with van der Waals surface area (Å²) in [5, 5.41) is 20.2. The van der Waals surface area contributed by atoms with Crippen molar-refractivity contribution in [3.8, 4) is 6.07 Å². The van der Waals surface area contributed by atoms with Gasteiger partial charge in [-0.15, -0.1) is 0 Å². The van der Waals surface area contributed by atoms with Crippen LogP contribution in [0, 0.1) is 21.4 Å². The van der Waals surface area contributed by atoms with Gasteiger partial charge in [-0.05, 0) is 12.1 Å². The molecule has 114 valence electrons. The largest absolute Gasteiger partial charge is 0.378 e. The molecule has 0 aliphatic carbocycles. The molecule has 7 nitrogen and oxygen atoms in total. The molecule has 1 aliphatic heterocycles. The minimum Gasteiger partial charge on any atom is -0.378 e. The number of non-ortho nitro benzene ring substituents is 1. The van der Waals surface area contributed by atoms with Crippen LogP contribution in [-0.2, 0) is 9.53 Å². The minimum atomic E-state index is -0.566. The molecule has 1 amide bonds. The molecule has 1 heterocycles. The van der Waals surface area contributed by atoms with E-state index >= 15 is 0 Å². The van der Waals surface area contributed by atoms with Gasteiger partial charge in [-0.2, -0.15) is 5.26 Å². The smallest absolute Gasteiger partial charge is 0.270 e. The molecular weight excluding hydrogens is 310 g/mol. The average Bonchev–Trinajstić information content (AvgIpc) is 2.54. The lowest BCUT2D eigenvalue weighted by atomic mass is 10.1. The molecule has 8 heteroatoms. The van der Waals surface area contributed by atoms with E-state index in [0.29, 0.717) is 26.3 Å². The molecule has 1 fully saturated rings. The molecule has 2 rings (SSSR count). The van der Waals surface area contributed by atoms with Crippen molar-refractivity contribution in [2.45, 2.75) is 0 Å². The number of morpholine rings is 1. The Morgan fingerprint density at radius 2 is 2.14 bits per heavy atom. The van der Waals surface area contributed by atoms with E-state index in [1.807, 2.05) is 6.07 Å². The summed E-state index contributed by atoms with van der Waals surface area (Å²) < 4.78 is 5.15. The van der Waals surface area contributed by atoms with Crippen molar-refractivity contribution in [2.75, 3.05) is 26.3 Å². The molecule has 0 unspecified atom stereocenters. The minimum absolute atomic E-state index is 0.121. The molecule has 0 spiro atoms. The van der Waals surface area contributed by atoms with Gasteiger partial charge in [0.15, 0.2) is 0 Å². The summed E-state index contributed by atoms with van der Waals surface area (Å²) in [7, 11) is 0. The third kappa shape index (κ3) is 3.61. The Morgan fingerprint density at radius 1 is 1.45 bits per heavy atom. The van der Waals surface area contributed by atoms with E-state index in [1.165, 1.54) is 29.2 Å². The van der Waals surface area contributed by atoms with E-state index in [2.05, 4.69) is 0 Å². The molecular formula is C14H12ClN3O4. The van der Waals surface area contributed by atoms with Crippen molar-refractivity contribution >= 4 is 29.3 Å². The van der Waals surface area contributed by atoms with Crippen LogP contribution in [0.4, 0.5) is 5.69 Å². The third-order valence-electron chi connectivity index (χ3n) is 3.14. The van der Waals surface area contributed by atoms with Gasteiger partial charge in [-0.1, -0.05) is 11.6 Å². The maximum atomic E-state index is 12.3. The lowest BCUT2D eigenvalue weighted by molar-refractivity contribution is -0.384. The highest BCUT2D eigenvalue weighted by Gasteiger charge is 2.21. The monoisotopic (exact) mass is 321 g/mol. The van der Waals surface area contributed by atoms with Crippen LogP contribution < -0.4 is 0 Å². The SMILES string of the molecule is N#C/C(=C/c1cc([N+](=O)[O-])ccc1Cl)C(=O)N1CCOCC1. The molecule has 1 saturated heterocycles. The number of ether oxygens (including phenoxy) is 1. The number of carbonyl (C=O) groups excluding carboxylic acids is 1. The molecule has 1 aromatic carbocycles. The summed E-state index contributed by atoms with van der Waals surface area (Å²) >= 11 is 5.97. The zero-order chi connectivity index (χ0) is 16.1. The van der Waals surface area contributed by atoms with Crippen molar-refractivity contribution < 1.29 is 14.5 Å². The van der Waals surface area contributed by atoms with Crippen LogP contribution in [0.2, 0.25) is 5.02 Å². The maximum absolute atomic E-state index is 12.3. The zero-order valence-electron chi connectivity index (χ0n) is 11.5. The number of nitrogens with zero attached hydrogens (tertiary/aromatic N) is 3. The number of hydrogen-bond donors (Lipinski definition) is 0. The average molecular weight is 322 g/mol. The number of rotatable bonds is 3. The fraction of sp³-hybridized carbons (Fsp3) is 0.286. The van der Waals surface area contributed by atoms with E-state index in [0.717, 1.165) is 0 Å². The Bertz CT molecular complexity index is 675. The van der Waals surface area contributed by atoms with Gasteiger partial charge < -0.3 is 9.64 Å². The second-order valence-corrected chi connectivity index (χ2v) is 4.94. The lowest BCUT2D eigenvalue weighted by Crippen LogP contribution is -2.41. The summed E-state index contributed by atoms with van der Waals surface area (Å²) in [5.74, 6) is -0.437. The first-order valence-corrected chi connectivity index (χ1v) is 6.83. The Balaban J connectivity index is 2.32. The van der Waals surface area contributed by atoms with Crippen LogP contribution in [0.25, 0.3) is 6.08 Å². The van der Waals surface area contributed by atoms with Gasteiger partial charge in [0.1, 0.15) is 11.6 Å². The highest BCUT2D eigenvalue weighted by Crippen LogP contribution is 2.24. The quantitative estimate of drug-likeness (QED) is 0.367. The van der Waals surface area contributed by atoms with E-state index < -0.39 is 10.8 Å². The number of benzene rings is 1. The van der Waals surface area contributed by atoms with Crippen LogP contribution >= 0.6 is 11.6 Å². The Labute approximate surface area is 131 Å². The number of nitro groups is 1. The number of nitriles is 1. The fourth-order valence-electron chi connectivity index (χ4n) is 1.99. The first-order chi connectivity index (χ1) is 10.5. The van der Waals surface area contributed by atoms with Gasteiger partial charge in [0.25, 0.3) is 11.6 Å². The predicted octanol–water partition coefficient (Wildman–Crippen LogP) is 2.01. The van der Waals surface area contributed by atoms with E-state index in [9.17, 15) is 20.2 Å². The van der Waals surface area contributed by atoms with Gasteiger partial charge in [-0.3, -0.25) is 14.9 Å². The van der Waals surface area contributed by atoms with Crippen LogP contribution in [-0.4, -0.2) is 42.0 Å². The first kappa shape index (κ1) is 15.9. The van der Waals surface area contributed by atoms with Gasteiger partial charge in [0.05, 0.1) is 18.1 Å². The van der Waals surface area contributed by atoms with Crippen LogP contribution in [0.3, 0.4) is 0 Å². The summed E-state index contributed by atoms with van der Waals surface area (Å²) in [6, 6.07) is 5.67. The van der Waals surface area contributed by atoms with E-state index in [4.69, 9.17) is 16.3 Å². The Morgan fingerprint density at radius 3 is 2.73 bits per heavy atom. The first-order valence-electron chi connectivity index (χ1n) is 6.45. The van der Waals surface area contributed by atoms with Crippen LogP contribution in [0.15, 0.2) is 23.8 Å². The van der Waals surface area contributed by atoms with Crippen LogP contribution in [0.5, 0.6) is 0 Å². The Kier molecular flexibility index (Phi) is 5.09. The van der Waals surface area contributed by atoms with Gasteiger partial charge in [0.2, 0.25) is 0 Å². The number of hydrogen-bond acceptors (Lipinski definition) is 5. The number of nitro benzene ring substituents is 1. The molecule has 0 radical (unpaired) electrons. The molecule has 0 bridgehead atoms. The van der Waals surface area contributed by atoms with E-state index in [1.54, 1.807) is 0 Å². The third-order valence-corrected chi connectivity index (χ3v) is 3.48. The van der Waals surface area contributed by atoms with Crippen molar-refractivity contribution in [2.24, 2.45) is 0 Å². The topological polar surface area (TPSA) is 96.5 Å². The molecule has 0 atom stereocenters. The standard InChI is InChI=1S/C14H12ClN3O4/c15-13-2-1-12(18(20)21)8-10(13)7-11(9-16)14(19)17-3-5-22-6-4-17/h1-2,7-8H,3-6H2/b11-7-. The summed E-state index contributed by atoms with van der Waals surface area (Å²) in [5.41, 5.74) is -0.0231. The maximum Gasteiger partial charge on any atom is 0.270 e. The number of amides is 1. The zero-order valence-corrected chi connectivity index (χ0v) is 12.2. The highest BCUT2D eigenvalue weighted by atomic mass is 35.5. The van der Waals surface area contributed by atoms with Gasteiger partial charge in [0, 0.05) is 35.8 Å². The van der Waals surface area contributed by atoms with Crippen LogP contribution in [0.1, 0.15) is 5.56 Å². The number of halogens is 1. The lowest BCUT2D eigenvalue weighted by Gasteiger charge is -2.26. The van der Waals surface area contributed by atoms with Crippen molar-refractivity contribution in [1.29, 1.82) is 5.26 Å². The molecule has 22 heavy (non-hydrogen) atoms. The van der Waals surface area contributed by atoms with Crippen molar-refractivity contribution in [3.05, 3.63) is 44.5 Å². The second kappa shape index (κ2) is 7.02. The molecule has 1 aromatic rings. The van der Waals surface area contributed by atoms with E-state index in [-0.39, 0.29) is 21.8 Å².